The fraction of sp³-hybridized carbons (Fsp3) is 0.375. The van der Waals surface area contributed by atoms with Crippen LogP contribution in [-0.4, -0.2) is 69.7 Å². The van der Waals surface area contributed by atoms with Gasteiger partial charge >= 0.3 is 5.97 Å². The minimum absolute atomic E-state index is 0.0929. The molecule has 1 aromatic heterocycles. The topological polar surface area (TPSA) is 117 Å². The smallest absolute Gasteiger partial charge is 0.337 e. The van der Waals surface area contributed by atoms with Crippen LogP contribution in [0.5, 0.6) is 5.75 Å². The van der Waals surface area contributed by atoms with Crippen LogP contribution in [0.4, 0.5) is 0 Å². The highest BCUT2D eigenvalue weighted by molar-refractivity contribution is 7.89. The van der Waals surface area contributed by atoms with E-state index in [0.29, 0.717) is 42.1 Å². The molecule has 192 valence electrons. The number of sulfonamides is 1. The highest BCUT2D eigenvalue weighted by Gasteiger charge is 2.39. The normalized spacial score (nSPS) is 17.0. The number of thiazole rings is 1. The molecule has 1 saturated heterocycles. The first-order valence-electron chi connectivity index (χ1n) is 11.2. The first-order valence-corrected chi connectivity index (χ1v) is 13.5. The average Bonchev–Trinajstić information content (AvgIpc) is 3.52. The molecule has 0 radical (unpaired) electrons. The van der Waals surface area contributed by atoms with Crippen molar-refractivity contribution in [3.8, 4) is 5.75 Å². The molecule has 4 rings (SSSR count). The molecule has 36 heavy (non-hydrogen) atoms. The third-order valence-corrected chi connectivity index (χ3v) is 8.95. The zero-order valence-electron chi connectivity index (χ0n) is 20.2. The van der Waals surface area contributed by atoms with E-state index in [4.69, 9.17) is 14.2 Å². The van der Waals surface area contributed by atoms with Gasteiger partial charge in [0.25, 0.3) is 5.91 Å². The van der Waals surface area contributed by atoms with E-state index >= 15 is 0 Å². The molecular weight excluding hydrogens is 506 g/mol. The van der Waals surface area contributed by atoms with Crippen molar-refractivity contribution < 1.29 is 32.2 Å². The first kappa shape index (κ1) is 26.0. The van der Waals surface area contributed by atoms with Crippen molar-refractivity contribution in [2.24, 2.45) is 4.99 Å². The summed E-state index contributed by atoms with van der Waals surface area (Å²) >= 11 is 1.24. The summed E-state index contributed by atoms with van der Waals surface area (Å²) in [6, 6.07) is 10.3. The van der Waals surface area contributed by atoms with Crippen LogP contribution in [0.1, 0.15) is 23.2 Å². The van der Waals surface area contributed by atoms with Crippen LogP contribution in [-0.2, 0) is 30.8 Å². The number of nitrogens with zero attached hydrogens (tertiary/aromatic N) is 3. The Labute approximate surface area is 212 Å². The van der Waals surface area contributed by atoms with E-state index in [2.05, 4.69) is 4.99 Å². The Bertz CT molecular complexity index is 1440. The number of benzene rings is 2. The van der Waals surface area contributed by atoms with Crippen LogP contribution in [0, 0.1) is 0 Å². The SMILES string of the molecule is COCCn1c(=NC(=O)C2CCCN2S(=O)(=O)c2ccc(OC)cc2)sc2cc(C(=O)OC)ccc21. The van der Waals surface area contributed by atoms with Crippen molar-refractivity contribution in [3.05, 3.63) is 52.8 Å². The third-order valence-electron chi connectivity index (χ3n) is 5.98. The molecule has 3 aromatic rings. The van der Waals surface area contributed by atoms with Crippen molar-refractivity contribution in [2.45, 2.75) is 30.3 Å². The number of esters is 1. The summed E-state index contributed by atoms with van der Waals surface area (Å²) in [5.74, 6) is -0.456. The first-order chi connectivity index (χ1) is 17.3. The Morgan fingerprint density at radius 3 is 2.53 bits per heavy atom. The molecule has 2 heterocycles. The molecule has 1 atom stereocenters. The molecule has 0 aliphatic carbocycles. The molecule has 0 saturated carbocycles. The van der Waals surface area contributed by atoms with Crippen molar-refractivity contribution in [1.82, 2.24) is 8.87 Å². The van der Waals surface area contributed by atoms with Gasteiger partial charge in [0.1, 0.15) is 11.8 Å². The van der Waals surface area contributed by atoms with Gasteiger partial charge in [0, 0.05) is 20.2 Å². The lowest BCUT2D eigenvalue weighted by molar-refractivity contribution is -0.121. The molecule has 0 spiro atoms. The predicted octanol–water partition coefficient (Wildman–Crippen LogP) is 2.43. The zero-order valence-corrected chi connectivity index (χ0v) is 21.8. The molecule has 12 heteroatoms. The predicted molar refractivity (Wildman–Crippen MR) is 134 cm³/mol. The lowest BCUT2D eigenvalue weighted by atomic mass is 10.2. The maximum atomic E-state index is 13.3. The van der Waals surface area contributed by atoms with E-state index in [1.807, 2.05) is 4.57 Å². The number of carbonyl (C=O) groups is 2. The van der Waals surface area contributed by atoms with Crippen LogP contribution in [0.3, 0.4) is 0 Å². The number of methoxy groups -OCH3 is 3. The Hall–Kier alpha value is -3.06. The number of ether oxygens (including phenoxy) is 3. The van der Waals surface area contributed by atoms with Gasteiger partial charge in [0.05, 0.1) is 41.5 Å². The van der Waals surface area contributed by atoms with Gasteiger partial charge in [-0.15, -0.1) is 0 Å². The standard InChI is InChI=1S/C24H27N3O7S2/c1-32-14-13-26-19-11-6-16(23(29)34-3)15-21(19)35-24(26)25-22(28)20-5-4-12-27(20)36(30,31)18-9-7-17(33-2)8-10-18/h6-11,15,20H,4-5,12-14H2,1-3H3. The van der Waals surface area contributed by atoms with Gasteiger partial charge in [-0.05, 0) is 55.3 Å². The maximum Gasteiger partial charge on any atom is 0.337 e. The second kappa shape index (κ2) is 10.9. The minimum Gasteiger partial charge on any atom is -0.497 e. The summed E-state index contributed by atoms with van der Waals surface area (Å²) in [4.78, 5) is 30.1. The summed E-state index contributed by atoms with van der Waals surface area (Å²) < 4.78 is 45.6. The molecule has 1 aliphatic rings. The molecule has 0 N–H and O–H groups in total. The highest BCUT2D eigenvalue weighted by Crippen LogP contribution is 2.28. The Morgan fingerprint density at radius 2 is 1.86 bits per heavy atom. The van der Waals surface area contributed by atoms with Crippen LogP contribution < -0.4 is 9.54 Å². The van der Waals surface area contributed by atoms with Crippen molar-refractivity contribution in [3.63, 3.8) is 0 Å². The second-order valence-electron chi connectivity index (χ2n) is 8.10. The van der Waals surface area contributed by atoms with Gasteiger partial charge in [-0.1, -0.05) is 11.3 Å². The van der Waals surface area contributed by atoms with Crippen LogP contribution in [0.25, 0.3) is 10.2 Å². The van der Waals surface area contributed by atoms with Gasteiger partial charge in [0.2, 0.25) is 10.0 Å². The second-order valence-corrected chi connectivity index (χ2v) is 11.0. The summed E-state index contributed by atoms with van der Waals surface area (Å²) in [5, 5.41) is 0. The van der Waals surface area contributed by atoms with E-state index in [-0.39, 0.29) is 11.4 Å². The number of aromatic nitrogens is 1. The Balaban J connectivity index is 1.71. The molecule has 2 aromatic carbocycles. The van der Waals surface area contributed by atoms with E-state index in [0.717, 1.165) is 10.2 Å². The van der Waals surface area contributed by atoms with E-state index in [1.165, 1.54) is 42.0 Å². The van der Waals surface area contributed by atoms with Crippen molar-refractivity contribution >= 4 is 43.5 Å². The fourth-order valence-corrected chi connectivity index (χ4v) is 6.88. The number of fused-ring (bicyclic) bond motifs is 1. The zero-order chi connectivity index (χ0) is 25.9. The number of amides is 1. The van der Waals surface area contributed by atoms with Crippen LogP contribution >= 0.6 is 11.3 Å². The van der Waals surface area contributed by atoms with Gasteiger partial charge in [-0.2, -0.15) is 9.30 Å². The highest BCUT2D eigenvalue weighted by atomic mass is 32.2. The summed E-state index contributed by atoms with van der Waals surface area (Å²) in [7, 11) is 0.497. The Morgan fingerprint density at radius 1 is 1.11 bits per heavy atom. The number of hydrogen-bond acceptors (Lipinski definition) is 8. The molecule has 1 unspecified atom stereocenters. The fourth-order valence-electron chi connectivity index (χ4n) is 4.13. The van der Waals surface area contributed by atoms with E-state index in [9.17, 15) is 18.0 Å². The van der Waals surface area contributed by atoms with Crippen molar-refractivity contribution in [1.29, 1.82) is 0 Å². The van der Waals surface area contributed by atoms with Gasteiger partial charge < -0.3 is 18.8 Å². The minimum atomic E-state index is -3.89. The largest absolute Gasteiger partial charge is 0.497 e. The van der Waals surface area contributed by atoms with Crippen LogP contribution in [0.15, 0.2) is 52.4 Å². The van der Waals surface area contributed by atoms with Crippen LogP contribution in [0.2, 0.25) is 0 Å². The lowest BCUT2D eigenvalue weighted by Crippen LogP contribution is -2.40. The van der Waals surface area contributed by atoms with E-state index < -0.39 is 27.9 Å². The molecular formula is C24H27N3O7S2. The summed E-state index contributed by atoms with van der Waals surface area (Å²) in [5.41, 5.74) is 1.17. The Kier molecular flexibility index (Phi) is 7.88. The maximum absolute atomic E-state index is 13.3. The van der Waals surface area contributed by atoms with E-state index in [1.54, 1.807) is 37.4 Å². The molecule has 1 amide bonds. The molecule has 1 fully saturated rings. The molecule has 1 aliphatic heterocycles. The number of hydrogen-bond donors (Lipinski definition) is 0. The van der Waals surface area contributed by atoms with Crippen molar-refractivity contribution in [2.75, 3.05) is 34.5 Å². The van der Waals surface area contributed by atoms with Gasteiger partial charge in [-0.25, -0.2) is 13.2 Å². The lowest BCUT2D eigenvalue weighted by Gasteiger charge is -2.21. The quantitative estimate of drug-likeness (QED) is 0.408. The molecule has 0 bridgehead atoms. The molecule has 10 nitrogen and oxygen atoms in total. The van der Waals surface area contributed by atoms with Gasteiger partial charge in [0.15, 0.2) is 4.80 Å². The summed E-state index contributed by atoms with van der Waals surface area (Å²) in [6.07, 6.45) is 0.938. The average molecular weight is 534 g/mol. The number of rotatable bonds is 8. The summed E-state index contributed by atoms with van der Waals surface area (Å²) in [6.45, 7) is 1.05. The number of carbonyl (C=O) groups excluding carboxylic acids is 2. The monoisotopic (exact) mass is 533 g/mol. The third kappa shape index (κ3) is 5.07. The van der Waals surface area contributed by atoms with Gasteiger partial charge in [-0.3, -0.25) is 4.79 Å².